The topological polar surface area (TPSA) is 89.3 Å². The van der Waals surface area contributed by atoms with Gasteiger partial charge < -0.3 is 5.73 Å². The van der Waals surface area contributed by atoms with E-state index in [0.29, 0.717) is 12.3 Å². The summed E-state index contributed by atoms with van der Waals surface area (Å²) in [6, 6.07) is 4.50. The number of anilines is 1. The number of nitrogens with one attached hydrogen (secondary N) is 1. The Kier molecular flexibility index (Phi) is 4.35. The van der Waals surface area contributed by atoms with Crippen LogP contribution in [-0.4, -0.2) is 14.3 Å². The van der Waals surface area contributed by atoms with Crippen molar-refractivity contribution in [1.82, 2.24) is 0 Å². The van der Waals surface area contributed by atoms with E-state index in [1.807, 2.05) is 0 Å². The summed E-state index contributed by atoms with van der Waals surface area (Å²) in [5.41, 5.74) is 6.58. The van der Waals surface area contributed by atoms with Crippen molar-refractivity contribution >= 4 is 32.3 Å². The van der Waals surface area contributed by atoms with Crippen LogP contribution in [0.3, 0.4) is 0 Å². The number of hydrogen-bond acceptors (Lipinski definition) is 4. The lowest BCUT2D eigenvalue weighted by Crippen LogP contribution is -2.19. The molecule has 24 heavy (non-hydrogen) atoms. The number of benzene rings is 1. The van der Waals surface area contributed by atoms with Crippen molar-refractivity contribution in [2.24, 2.45) is 11.7 Å². The Morgan fingerprint density at radius 3 is 2.62 bits per heavy atom. The van der Waals surface area contributed by atoms with Gasteiger partial charge in [0.15, 0.2) is 0 Å². The summed E-state index contributed by atoms with van der Waals surface area (Å²) in [5.74, 6) is -0.676. The zero-order valence-electron chi connectivity index (χ0n) is 13.0. The normalized spacial score (nSPS) is 17.3. The average Bonchev–Trinajstić information content (AvgIpc) is 2.83. The molecule has 0 unspecified atom stereocenters. The minimum Gasteiger partial charge on any atom is -0.365 e. The molecule has 1 aliphatic carbocycles. The summed E-state index contributed by atoms with van der Waals surface area (Å²) in [5, 5.41) is 0.242. The number of amides is 1. The van der Waals surface area contributed by atoms with Crippen LogP contribution in [0.15, 0.2) is 29.2 Å². The number of sulfonamides is 1. The van der Waals surface area contributed by atoms with E-state index in [4.69, 9.17) is 5.73 Å². The average molecular weight is 368 g/mol. The van der Waals surface area contributed by atoms with Gasteiger partial charge in [0.2, 0.25) is 0 Å². The number of carbonyl (C=O) groups excluding carboxylic acids is 1. The van der Waals surface area contributed by atoms with E-state index in [2.05, 4.69) is 11.6 Å². The van der Waals surface area contributed by atoms with Gasteiger partial charge >= 0.3 is 0 Å². The fraction of sp³-hybridized carbons (Fsp3) is 0.312. The van der Waals surface area contributed by atoms with Crippen molar-refractivity contribution in [2.45, 2.75) is 31.1 Å². The van der Waals surface area contributed by atoms with Gasteiger partial charge in [0.05, 0.1) is 10.5 Å². The lowest BCUT2D eigenvalue weighted by molar-refractivity contribution is 0.100. The fourth-order valence-electron chi connectivity index (χ4n) is 2.88. The van der Waals surface area contributed by atoms with Crippen molar-refractivity contribution < 1.29 is 17.6 Å². The summed E-state index contributed by atoms with van der Waals surface area (Å²) in [6.07, 6.45) is 2.45. The molecule has 0 aliphatic heterocycles. The number of thiophene rings is 1. The molecule has 0 spiro atoms. The van der Waals surface area contributed by atoms with E-state index in [-0.39, 0.29) is 15.5 Å². The van der Waals surface area contributed by atoms with Gasteiger partial charge in [-0.3, -0.25) is 9.52 Å². The van der Waals surface area contributed by atoms with Gasteiger partial charge in [0.25, 0.3) is 15.9 Å². The fourth-order valence-corrected chi connectivity index (χ4v) is 5.60. The standard InChI is InChI=1S/C16H17FN2O3S2/c1-9-2-7-12-13(8-9)23-16(14(12)15(18)20)19-24(21,22)11-5-3-10(17)4-6-11/h3-6,9,19H,2,7-8H2,1H3,(H2,18,20)/t9-/m1/s1. The summed E-state index contributed by atoms with van der Waals surface area (Å²) < 4.78 is 40.4. The predicted molar refractivity (Wildman–Crippen MR) is 91.2 cm³/mol. The van der Waals surface area contributed by atoms with E-state index < -0.39 is 21.7 Å². The summed E-state index contributed by atoms with van der Waals surface area (Å²) in [6.45, 7) is 2.12. The molecule has 0 saturated heterocycles. The highest BCUT2D eigenvalue weighted by Crippen LogP contribution is 2.40. The quantitative estimate of drug-likeness (QED) is 0.869. The first-order valence-electron chi connectivity index (χ1n) is 7.50. The molecular formula is C16H17FN2O3S2. The van der Waals surface area contributed by atoms with Crippen LogP contribution in [0.4, 0.5) is 9.39 Å². The largest absolute Gasteiger partial charge is 0.365 e. The van der Waals surface area contributed by atoms with Gasteiger partial charge in [-0.25, -0.2) is 12.8 Å². The van der Waals surface area contributed by atoms with E-state index >= 15 is 0 Å². The zero-order chi connectivity index (χ0) is 17.5. The number of halogens is 1. The molecule has 1 amide bonds. The van der Waals surface area contributed by atoms with Crippen LogP contribution in [0.2, 0.25) is 0 Å². The highest BCUT2D eigenvalue weighted by atomic mass is 32.2. The van der Waals surface area contributed by atoms with Crippen molar-refractivity contribution in [2.75, 3.05) is 4.72 Å². The molecule has 1 aromatic carbocycles. The van der Waals surface area contributed by atoms with Crippen LogP contribution in [0.25, 0.3) is 0 Å². The van der Waals surface area contributed by atoms with E-state index in [9.17, 15) is 17.6 Å². The predicted octanol–water partition coefficient (Wildman–Crippen LogP) is 2.91. The summed E-state index contributed by atoms with van der Waals surface area (Å²) >= 11 is 1.25. The number of hydrogen-bond donors (Lipinski definition) is 2. The monoisotopic (exact) mass is 368 g/mol. The molecule has 1 heterocycles. The molecule has 1 atom stereocenters. The lowest BCUT2D eigenvalue weighted by atomic mass is 9.88. The van der Waals surface area contributed by atoms with Gasteiger partial charge in [-0.2, -0.15) is 0 Å². The van der Waals surface area contributed by atoms with Gasteiger partial charge in [0, 0.05) is 4.88 Å². The molecule has 0 bridgehead atoms. The van der Waals surface area contributed by atoms with E-state index in [1.165, 1.54) is 23.5 Å². The first kappa shape index (κ1) is 16.9. The first-order chi connectivity index (χ1) is 11.3. The van der Waals surface area contributed by atoms with Crippen molar-refractivity contribution in [3.8, 4) is 0 Å². The molecule has 0 radical (unpaired) electrons. The zero-order valence-corrected chi connectivity index (χ0v) is 14.6. The maximum absolute atomic E-state index is 13.0. The van der Waals surface area contributed by atoms with Crippen LogP contribution in [0.5, 0.6) is 0 Å². The minimum absolute atomic E-state index is 0.0703. The Bertz CT molecular complexity index is 889. The molecule has 0 saturated carbocycles. The second-order valence-corrected chi connectivity index (χ2v) is 8.77. The Balaban J connectivity index is 2.00. The van der Waals surface area contributed by atoms with Crippen LogP contribution in [0, 0.1) is 11.7 Å². The van der Waals surface area contributed by atoms with Crippen molar-refractivity contribution in [3.63, 3.8) is 0 Å². The highest BCUT2D eigenvalue weighted by Gasteiger charge is 2.28. The molecule has 5 nitrogen and oxygen atoms in total. The van der Waals surface area contributed by atoms with Crippen LogP contribution in [-0.2, 0) is 22.9 Å². The second kappa shape index (κ2) is 6.18. The third kappa shape index (κ3) is 3.16. The molecule has 1 aliphatic rings. The van der Waals surface area contributed by atoms with E-state index in [0.717, 1.165) is 35.4 Å². The molecule has 8 heteroatoms. The second-order valence-electron chi connectivity index (χ2n) is 5.98. The third-order valence-electron chi connectivity index (χ3n) is 4.11. The van der Waals surface area contributed by atoms with Crippen molar-refractivity contribution in [1.29, 1.82) is 0 Å². The summed E-state index contributed by atoms with van der Waals surface area (Å²) in [4.78, 5) is 12.8. The van der Waals surface area contributed by atoms with Gasteiger partial charge in [-0.05, 0) is 55.0 Å². The third-order valence-corrected chi connectivity index (χ3v) is 6.77. The Morgan fingerprint density at radius 2 is 2.00 bits per heavy atom. The van der Waals surface area contributed by atoms with Crippen molar-refractivity contribution in [3.05, 3.63) is 46.1 Å². The molecule has 2 aromatic rings. The first-order valence-corrected chi connectivity index (χ1v) is 9.80. The molecular weight excluding hydrogens is 351 g/mol. The van der Waals surface area contributed by atoms with Crippen LogP contribution >= 0.6 is 11.3 Å². The number of fused-ring (bicyclic) bond motifs is 1. The van der Waals surface area contributed by atoms with Gasteiger partial charge in [-0.15, -0.1) is 11.3 Å². The van der Waals surface area contributed by atoms with E-state index in [1.54, 1.807) is 0 Å². The number of carbonyl (C=O) groups is 1. The number of rotatable bonds is 4. The van der Waals surface area contributed by atoms with Gasteiger partial charge in [0.1, 0.15) is 10.8 Å². The maximum Gasteiger partial charge on any atom is 0.262 e. The maximum atomic E-state index is 13.0. The number of primary amides is 1. The molecule has 128 valence electrons. The molecule has 1 aromatic heterocycles. The minimum atomic E-state index is -3.91. The van der Waals surface area contributed by atoms with Crippen LogP contribution in [0.1, 0.15) is 34.1 Å². The SMILES string of the molecule is C[C@@H]1CCc2c(sc(NS(=O)(=O)c3ccc(F)cc3)c2C(N)=O)C1. The molecule has 3 rings (SSSR count). The molecule has 0 fully saturated rings. The van der Waals surface area contributed by atoms with Gasteiger partial charge in [-0.1, -0.05) is 6.92 Å². The lowest BCUT2D eigenvalue weighted by Gasteiger charge is -2.18. The summed E-state index contributed by atoms with van der Waals surface area (Å²) in [7, 11) is -3.91. The Labute approximate surface area is 143 Å². The van der Waals surface area contributed by atoms with Crippen LogP contribution < -0.4 is 10.5 Å². The smallest absolute Gasteiger partial charge is 0.262 e. The Hall–Kier alpha value is -1.93. The highest BCUT2D eigenvalue weighted by molar-refractivity contribution is 7.93. The number of nitrogens with two attached hydrogens (primary N) is 1. The Morgan fingerprint density at radius 1 is 1.33 bits per heavy atom. The molecule has 3 N–H and O–H groups in total.